The summed E-state index contributed by atoms with van der Waals surface area (Å²) in [5.74, 6) is 0.568. The van der Waals surface area contributed by atoms with Gasteiger partial charge in [0.1, 0.15) is 5.40 Å². The predicted molar refractivity (Wildman–Crippen MR) is 60.2 cm³/mol. The number of carbonyl (C=O) groups excluding carboxylic acids is 1. The number of rotatable bonds is 4. The topological polar surface area (TPSA) is 50.1 Å². The van der Waals surface area contributed by atoms with Gasteiger partial charge in [-0.05, 0) is 24.6 Å². The molecular weight excluding hydrogens is 210 g/mol. The molecule has 0 radical (unpaired) electrons. The zero-order valence-electron chi connectivity index (χ0n) is 9.12. The molecule has 4 heteroatoms. The number of nitrogens with zero attached hydrogens (tertiary/aromatic N) is 1. The summed E-state index contributed by atoms with van der Waals surface area (Å²) < 4.78 is 5.12. The van der Waals surface area contributed by atoms with E-state index in [4.69, 9.17) is 10.00 Å². The second-order valence-corrected chi connectivity index (χ2v) is 4.98. The highest BCUT2D eigenvalue weighted by Crippen LogP contribution is 2.39. The van der Waals surface area contributed by atoms with Gasteiger partial charge >= 0.3 is 5.97 Å². The van der Waals surface area contributed by atoms with E-state index in [0.29, 0.717) is 6.61 Å². The predicted octanol–water partition coefficient (Wildman–Crippen LogP) is 2.71. The molecule has 0 bridgehead atoms. The second kappa shape index (κ2) is 6.02. The van der Waals surface area contributed by atoms with Crippen LogP contribution in [0.25, 0.3) is 0 Å². The van der Waals surface area contributed by atoms with Crippen LogP contribution in [0.5, 0.6) is 0 Å². The lowest BCUT2D eigenvalue weighted by molar-refractivity contribution is -0.144. The average molecular weight is 227 g/mol. The third kappa shape index (κ3) is 4.13. The van der Waals surface area contributed by atoms with Crippen molar-refractivity contribution < 1.29 is 9.53 Å². The van der Waals surface area contributed by atoms with E-state index >= 15 is 0 Å². The zero-order chi connectivity index (χ0) is 11.1. The van der Waals surface area contributed by atoms with Gasteiger partial charge in [0.25, 0.3) is 0 Å². The van der Waals surface area contributed by atoms with Crippen LogP contribution >= 0.6 is 11.8 Å². The van der Waals surface area contributed by atoms with E-state index < -0.39 is 0 Å². The summed E-state index contributed by atoms with van der Waals surface area (Å²) in [7, 11) is 0. The van der Waals surface area contributed by atoms with Gasteiger partial charge in [-0.2, -0.15) is 5.26 Å². The standard InChI is InChI=1S/C11H17NO2S/c1-10(13)14-7-11(8-15-9-12)5-3-2-4-6-11/h2-8H2,1H3. The zero-order valence-corrected chi connectivity index (χ0v) is 9.94. The second-order valence-electron chi connectivity index (χ2n) is 4.22. The van der Waals surface area contributed by atoms with E-state index in [-0.39, 0.29) is 11.4 Å². The fraction of sp³-hybridized carbons (Fsp3) is 0.818. The van der Waals surface area contributed by atoms with Crippen molar-refractivity contribution in [2.75, 3.05) is 12.4 Å². The highest BCUT2D eigenvalue weighted by molar-refractivity contribution is 8.03. The summed E-state index contributed by atoms with van der Waals surface area (Å²) in [6.45, 7) is 1.92. The first-order chi connectivity index (χ1) is 7.18. The first kappa shape index (κ1) is 12.4. The van der Waals surface area contributed by atoms with Crippen molar-refractivity contribution in [3.05, 3.63) is 0 Å². The molecule has 1 aliphatic carbocycles. The Labute approximate surface area is 95.2 Å². The minimum Gasteiger partial charge on any atom is -0.465 e. The molecule has 0 unspecified atom stereocenters. The smallest absolute Gasteiger partial charge is 0.302 e. The van der Waals surface area contributed by atoms with Gasteiger partial charge in [-0.3, -0.25) is 4.79 Å². The van der Waals surface area contributed by atoms with Gasteiger partial charge in [0.15, 0.2) is 0 Å². The quantitative estimate of drug-likeness (QED) is 0.547. The van der Waals surface area contributed by atoms with Gasteiger partial charge in [0.2, 0.25) is 0 Å². The molecule has 1 aliphatic rings. The van der Waals surface area contributed by atoms with Gasteiger partial charge in [-0.15, -0.1) is 0 Å². The van der Waals surface area contributed by atoms with Crippen molar-refractivity contribution in [1.29, 1.82) is 5.26 Å². The molecular formula is C11H17NO2S. The van der Waals surface area contributed by atoms with E-state index in [1.54, 1.807) is 0 Å². The summed E-state index contributed by atoms with van der Waals surface area (Å²) in [4.78, 5) is 10.8. The molecule has 0 atom stereocenters. The van der Waals surface area contributed by atoms with Crippen LogP contribution in [0.4, 0.5) is 0 Å². The van der Waals surface area contributed by atoms with Crippen LogP contribution in [-0.2, 0) is 9.53 Å². The van der Waals surface area contributed by atoms with Gasteiger partial charge in [0, 0.05) is 18.1 Å². The Kier molecular flexibility index (Phi) is 4.97. The first-order valence-corrected chi connectivity index (χ1v) is 6.31. The first-order valence-electron chi connectivity index (χ1n) is 5.33. The molecule has 1 saturated carbocycles. The maximum Gasteiger partial charge on any atom is 0.302 e. The Balaban J connectivity index is 2.50. The minimum absolute atomic E-state index is 0.0598. The number of hydrogen-bond donors (Lipinski definition) is 0. The normalized spacial score (nSPS) is 19.2. The van der Waals surface area contributed by atoms with Gasteiger partial charge in [-0.25, -0.2) is 0 Å². The Bertz CT molecular complexity index is 254. The third-order valence-corrected chi connectivity index (χ3v) is 3.82. The van der Waals surface area contributed by atoms with Crippen LogP contribution in [0, 0.1) is 16.1 Å². The van der Waals surface area contributed by atoms with Crippen LogP contribution in [0.1, 0.15) is 39.0 Å². The molecule has 3 nitrogen and oxygen atoms in total. The minimum atomic E-state index is -0.220. The van der Waals surface area contributed by atoms with Crippen molar-refractivity contribution in [3.8, 4) is 5.40 Å². The highest BCUT2D eigenvalue weighted by Gasteiger charge is 2.33. The highest BCUT2D eigenvalue weighted by atomic mass is 32.2. The molecule has 0 spiro atoms. The van der Waals surface area contributed by atoms with E-state index in [1.807, 2.05) is 0 Å². The number of nitriles is 1. The Morgan fingerprint density at radius 1 is 1.47 bits per heavy atom. The van der Waals surface area contributed by atoms with Crippen molar-refractivity contribution in [2.24, 2.45) is 5.41 Å². The molecule has 0 aromatic rings. The molecule has 0 aliphatic heterocycles. The van der Waals surface area contributed by atoms with Crippen LogP contribution in [0.15, 0.2) is 0 Å². The lowest BCUT2D eigenvalue weighted by Gasteiger charge is -2.35. The van der Waals surface area contributed by atoms with Crippen molar-refractivity contribution in [3.63, 3.8) is 0 Å². The van der Waals surface area contributed by atoms with Crippen LogP contribution in [0.3, 0.4) is 0 Å². The van der Waals surface area contributed by atoms with Gasteiger partial charge < -0.3 is 4.74 Å². The molecule has 15 heavy (non-hydrogen) atoms. The summed E-state index contributed by atoms with van der Waals surface area (Å²) in [5.41, 5.74) is 0.0598. The van der Waals surface area contributed by atoms with Crippen molar-refractivity contribution in [2.45, 2.75) is 39.0 Å². The van der Waals surface area contributed by atoms with Crippen LogP contribution in [0.2, 0.25) is 0 Å². The van der Waals surface area contributed by atoms with Crippen LogP contribution < -0.4 is 0 Å². The van der Waals surface area contributed by atoms with Crippen LogP contribution in [-0.4, -0.2) is 18.3 Å². The Morgan fingerprint density at radius 3 is 2.67 bits per heavy atom. The van der Waals surface area contributed by atoms with Gasteiger partial charge in [-0.1, -0.05) is 19.3 Å². The summed E-state index contributed by atoms with van der Waals surface area (Å²) in [6.07, 6.45) is 5.80. The molecule has 1 fully saturated rings. The third-order valence-electron chi connectivity index (χ3n) is 2.94. The molecule has 84 valence electrons. The summed E-state index contributed by atoms with van der Waals surface area (Å²) >= 11 is 1.28. The number of hydrogen-bond acceptors (Lipinski definition) is 4. The largest absolute Gasteiger partial charge is 0.465 e. The van der Waals surface area contributed by atoms with E-state index in [0.717, 1.165) is 18.6 Å². The molecule has 0 aromatic heterocycles. The number of carbonyl (C=O) groups is 1. The maximum absolute atomic E-state index is 10.8. The molecule has 0 aromatic carbocycles. The number of esters is 1. The number of thiocyanates is 1. The Morgan fingerprint density at radius 2 is 2.13 bits per heavy atom. The fourth-order valence-electron chi connectivity index (χ4n) is 2.07. The number of ether oxygens (including phenoxy) is 1. The van der Waals surface area contributed by atoms with E-state index in [9.17, 15) is 4.79 Å². The number of thioether (sulfide) groups is 1. The Hall–Kier alpha value is -0.690. The average Bonchev–Trinajstić information content (AvgIpc) is 2.25. The lowest BCUT2D eigenvalue weighted by Crippen LogP contribution is -2.33. The fourth-order valence-corrected chi connectivity index (χ4v) is 2.81. The van der Waals surface area contributed by atoms with E-state index in [2.05, 4.69) is 5.40 Å². The van der Waals surface area contributed by atoms with Crippen molar-refractivity contribution in [1.82, 2.24) is 0 Å². The molecule has 0 N–H and O–H groups in total. The van der Waals surface area contributed by atoms with E-state index in [1.165, 1.54) is 37.9 Å². The molecule has 1 rings (SSSR count). The molecule has 0 saturated heterocycles. The maximum atomic E-state index is 10.8. The van der Waals surface area contributed by atoms with Crippen molar-refractivity contribution >= 4 is 17.7 Å². The SMILES string of the molecule is CC(=O)OCC1(CSC#N)CCCCC1. The van der Waals surface area contributed by atoms with Gasteiger partial charge in [0.05, 0.1) is 6.61 Å². The molecule has 0 amide bonds. The molecule has 0 heterocycles. The summed E-state index contributed by atoms with van der Waals surface area (Å²) in [6, 6.07) is 0. The monoisotopic (exact) mass is 227 g/mol. The summed E-state index contributed by atoms with van der Waals surface area (Å²) in [5, 5.41) is 10.7. The lowest BCUT2D eigenvalue weighted by atomic mass is 9.76.